The van der Waals surface area contributed by atoms with Gasteiger partial charge in [-0.3, -0.25) is 9.00 Å². The van der Waals surface area contributed by atoms with E-state index in [0.29, 0.717) is 18.8 Å². The second-order valence-electron chi connectivity index (χ2n) is 2.79. The van der Waals surface area contributed by atoms with Gasteiger partial charge in [0.15, 0.2) is 0 Å². The van der Waals surface area contributed by atoms with Crippen molar-refractivity contribution in [1.82, 2.24) is 4.90 Å². The first-order valence-electron chi connectivity index (χ1n) is 3.78. The lowest BCUT2D eigenvalue weighted by atomic mass is 10.4. The van der Waals surface area contributed by atoms with Crippen molar-refractivity contribution in [3.8, 4) is 12.3 Å². The van der Waals surface area contributed by atoms with Crippen LogP contribution in [0.1, 0.15) is 6.92 Å². The molecule has 0 aromatic carbocycles. The van der Waals surface area contributed by atoms with Crippen molar-refractivity contribution in [2.75, 3.05) is 18.8 Å². The summed E-state index contributed by atoms with van der Waals surface area (Å²) in [7, 11) is -0.787. The Hall–Kier alpha value is -0.820. The van der Waals surface area contributed by atoms with Gasteiger partial charge < -0.3 is 4.90 Å². The van der Waals surface area contributed by atoms with Gasteiger partial charge >= 0.3 is 0 Å². The van der Waals surface area contributed by atoms with Gasteiger partial charge in [0.05, 0.1) is 0 Å². The lowest BCUT2D eigenvalue weighted by molar-refractivity contribution is -0.125. The topological polar surface area (TPSA) is 37.4 Å². The van der Waals surface area contributed by atoms with Crippen molar-refractivity contribution in [1.29, 1.82) is 0 Å². The predicted molar refractivity (Wildman–Crippen MR) is 47.9 cm³/mol. The van der Waals surface area contributed by atoms with Gasteiger partial charge in [-0.1, -0.05) is 0 Å². The third-order valence-electron chi connectivity index (χ3n) is 1.90. The molecule has 1 amide bonds. The lowest BCUT2D eigenvalue weighted by Gasteiger charge is -2.28. The summed E-state index contributed by atoms with van der Waals surface area (Å²) >= 11 is 0. The molecule has 0 N–H and O–H groups in total. The smallest absolute Gasteiger partial charge is 0.298 e. The molecule has 12 heavy (non-hydrogen) atoms. The highest BCUT2D eigenvalue weighted by Crippen LogP contribution is 2.07. The first-order chi connectivity index (χ1) is 5.65. The monoisotopic (exact) mass is 185 g/mol. The predicted octanol–water partition coefficient (Wildman–Crippen LogP) is -0.401. The maximum atomic E-state index is 11.2. The molecule has 0 aliphatic carbocycles. The quantitative estimate of drug-likeness (QED) is 0.481. The average molecular weight is 185 g/mol. The third-order valence-corrected chi connectivity index (χ3v) is 3.53. The highest BCUT2D eigenvalue weighted by atomic mass is 32.2. The van der Waals surface area contributed by atoms with E-state index in [9.17, 15) is 9.00 Å². The lowest BCUT2D eigenvalue weighted by Crippen LogP contribution is -2.45. The highest BCUT2D eigenvalue weighted by molar-refractivity contribution is 7.85. The molecule has 66 valence electrons. The van der Waals surface area contributed by atoms with Crippen LogP contribution in [-0.2, 0) is 15.6 Å². The Bertz CT molecular complexity index is 256. The molecule has 0 saturated carbocycles. The minimum absolute atomic E-state index is 0.0519. The summed E-state index contributed by atoms with van der Waals surface area (Å²) < 4.78 is 11.2. The van der Waals surface area contributed by atoms with Crippen LogP contribution in [0.3, 0.4) is 0 Å². The molecule has 1 heterocycles. The van der Waals surface area contributed by atoms with Crippen LogP contribution in [0.15, 0.2) is 0 Å². The van der Waals surface area contributed by atoms with Gasteiger partial charge in [0, 0.05) is 34.9 Å². The number of rotatable bonds is 0. The van der Waals surface area contributed by atoms with Crippen LogP contribution in [0.2, 0.25) is 0 Å². The van der Waals surface area contributed by atoms with Crippen molar-refractivity contribution in [3.05, 3.63) is 0 Å². The first kappa shape index (κ1) is 9.27. The minimum atomic E-state index is -0.787. The first-order valence-corrected chi connectivity index (χ1v) is 5.16. The second kappa shape index (κ2) is 3.72. The Kier molecular flexibility index (Phi) is 2.88. The number of nitrogens with zero attached hydrogens (tertiary/aromatic N) is 1. The zero-order chi connectivity index (χ0) is 9.14. The van der Waals surface area contributed by atoms with E-state index < -0.39 is 10.8 Å². The van der Waals surface area contributed by atoms with E-state index in [-0.39, 0.29) is 11.2 Å². The Balaban J connectivity index is 2.58. The molecule has 2 atom stereocenters. The fourth-order valence-electron chi connectivity index (χ4n) is 1.16. The molecule has 0 bridgehead atoms. The molecule has 1 aliphatic rings. The third kappa shape index (κ3) is 1.86. The molecule has 1 fully saturated rings. The molecular formula is C8H11NO2S. The van der Waals surface area contributed by atoms with Gasteiger partial charge in [-0.2, -0.15) is 0 Å². The normalized spacial score (nSPS) is 29.5. The largest absolute Gasteiger partial charge is 0.330 e. The van der Waals surface area contributed by atoms with Crippen LogP contribution in [-0.4, -0.2) is 39.1 Å². The molecule has 2 unspecified atom stereocenters. The van der Waals surface area contributed by atoms with Crippen LogP contribution in [0.5, 0.6) is 0 Å². The van der Waals surface area contributed by atoms with E-state index in [1.165, 1.54) is 0 Å². The van der Waals surface area contributed by atoms with Gasteiger partial charge in [-0.05, 0) is 12.8 Å². The van der Waals surface area contributed by atoms with E-state index >= 15 is 0 Å². The number of amides is 1. The molecule has 0 aromatic heterocycles. The SMILES string of the molecule is C#CC(=O)N1CCS(=O)C(C)C1. The summed E-state index contributed by atoms with van der Waals surface area (Å²) in [5.41, 5.74) is 0. The van der Waals surface area contributed by atoms with Gasteiger partial charge in [0.25, 0.3) is 5.91 Å². The summed E-state index contributed by atoms with van der Waals surface area (Å²) in [5.74, 6) is 2.32. The molecule has 0 aromatic rings. The maximum absolute atomic E-state index is 11.2. The summed E-state index contributed by atoms with van der Waals surface area (Å²) in [6.07, 6.45) is 4.97. The summed E-state index contributed by atoms with van der Waals surface area (Å²) in [6, 6.07) is 0. The summed E-state index contributed by atoms with van der Waals surface area (Å²) in [6.45, 7) is 2.92. The molecule has 1 aliphatic heterocycles. The minimum Gasteiger partial charge on any atom is -0.330 e. The number of hydrogen-bond donors (Lipinski definition) is 0. The Morgan fingerprint density at radius 2 is 2.42 bits per heavy atom. The average Bonchev–Trinajstić information content (AvgIpc) is 2.08. The Labute approximate surface area is 74.6 Å². The van der Waals surface area contributed by atoms with E-state index in [4.69, 9.17) is 6.42 Å². The number of terminal acetylenes is 1. The van der Waals surface area contributed by atoms with Crippen LogP contribution in [0, 0.1) is 12.3 Å². The standard InChI is InChI=1S/C8H11NO2S/c1-3-8(10)9-4-5-12(11)7(2)6-9/h1,7H,4-6H2,2H3. The van der Waals surface area contributed by atoms with E-state index in [1.807, 2.05) is 6.92 Å². The number of carbonyl (C=O) groups is 1. The van der Waals surface area contributed by atoms with Crippen LogP contribution >= 0.6 is 0 Å². The van der Waals surface area contributed by atoms with Gasteiger partial charge in [0.1, 0.15) is 0 Å². The van der Waals surface area contributed by atoms with Gasteiger partial charge in [-0.15, -0.1) is 6.42 Å². The van der Waals surface area contributed by atoms with Crippen LogP contribution in [0.25, 0.3) is 0 Å². The zero-order valence-electron chi connectivity index (χ0n) is 6.95. The van der Waals surface area contributed by atoms with Crippen LogP contribution in [0.4, 0.5) is 0 Å². The Morgan fingerprint density at radius 3 is 2.92 bits per heavy atom. The number of carbonyl (C=O) groups excluding carboxylic acids is 1. The van der Waals surface area contributed by atoms with Crippen LogP contribution < -0.4 is 0 Å². The molecule has 0 spiro atoms. The zero-order valence-corrected chi connectivity index (χ0v) is 7.76. The maximum Gasteiger partial charge on any atom is 0.298 e. The van der Waals surface area contributed by atoms with Crippen molar-refractivity contribution in [2.24, 2.45) is 0 Å². The number of hydrogen-bond acceptors (Lipinski definition) is 2. The molecule has 0 radical (unpaired) electrons. The fourth-order valence-corrected chi connectivity index (χ4v) is 2.31. The van der Waals surface area contributed by atoms with Crippen molar-refractivity contribution < 1.29 is 9.00 Å². The van der Waals surface area contributed by atoms with Gasteiger partial charge in [-0.25, -0.2) is 0 Å². The molecule has 1 rings (SSSR count). The summed E-state index contributed by atoms with van der Waals surface area (Å²) in [5, 5.41) is 0.0519. The van der Waals surface area contributed by atoms with Crippen molar-refractivity contribution in [3.63, 3.8) is 0 Å². The Morgan fingerprint density at radius 1 is 1.75 bits per heavy atom. The van der Waals surface area contributed by atoms with Crippen molar-refractivity contribution >= 4 is 16.7 Å². The molecular weight excluding hydrogens is 174 g/mol. The van der Waals surface area contributed by atoms with E-state index in [2.05, 4.69) is 5.92 Å². The van der Waals surface area contributed by atoms with E-state index in [1.54, 1.807) is 4.90 Å². The molecule has 3 nitrogen and oxygen atoms in total. The van der Waals surface area contributed by atoms with Crippen molar-refractivity contribution in [2.45, 2.75) is 12.2 Å². The molecule has 4 heteroatoms. The van der Waals surface area contributed by atoms with E-state index in [0.717, 1.165) is 0 Å². The second-order valence-corrected chi connectivity index (χ2v) is 4.77. The summed E-state index contributed by atoms with van der Waals surface area (Å²) in [4.78, 5) is 12.6. The molecule has 1 saturated heterocycles. The highest BCUT2D eigenvalue weighted by Gasteiger charge is 2.24. The van der Waals surface area contributed by atoms with Gasteiger partial charge in [0.2, 0.25) is 0 Å². The fraction of sp³-hybridized carbons (Fsp3) is 0.625.